The molecule has 3 atom stereocenters. The van der Waals surface area contributed by atoms with Gasteiger partial charge in [0.2, 0.25) is 11.8 Å². The van der Waals surface area contributed by atoms with Crippen LogP contribution in [0.2, 0.25) is 0 Å². The molecule has 1 aliphatic carbocycles. The number of amides is 2. The normalized spacial score (nSPS) is 38.4. The fraction of sp³-hybridized carbons (Fsp3) is 0.905. The molecule has 162 valence electrons. The van der Waals surface area contributed by atoms with Crippen LogP contribution in [0.15, 0.2) is 0 Å². The molecule has 1 saturated carbocycles. The van der Waals surface area contributed by atoms with E-state index < -0.39 is 0 Å². The molecule has 5 fully saturated rings. The smallest absolute Gasteiger partial charge is 0.239 e. The summed E-state index contributed by atoms with van der Waals surface area (Å²) < 4.78 is 0. The Morgan fingerprint density at radius 3 is 2.03 bits per heavy atom. The van der Waals surface area contributed by atoms with Gasteiger partial charge < -0.3 is 15.1 Å². The molecule has 29 heavy (non-hydrogen) atoms. The van der Waals surface area contributed by atoms with Gasteiger partial charge in [-0.2, -0.15) is 0 Å². The van der Waals surface area contributed by atoms with Crippen LogP contribution >= 0.6 is 0 Å². The minimum absolute atomic E-state index is 0.0209. The highest BCUT2D eigenvalue weighted by atomic mass is 16.2. The van der Waals surface area contributed by atoms with E-state index in [1.54, 1.807) is 0 Å². The van der Waals surface area contributed by atoms with E-state index in [9.17, 15) is 9.59 Å². The van der Waals surface area contributed by atoms with E-state index in [0.29, 0.717) is 50.2 Å². The van der Waals surface area contributed by atoms with Gasteiger partial charge in [-0.25, -0.2) is 5.01 Å². The minimum atomic E-state index is 0.0209. The number of hydrogen-bond donors (Lipinski definition) is 3. The van der Waals surface area contributed by atoms with Crippen molar-refractivity contribution in [2.24, 2.45) is 11.8 Å². The SMILES string of the molecule is O=C(C1CCC(C2CCC3NCCN3N2)CC1)N1CCN(C(=O)C2CCN2)CC1. The standard InChI is InChI=1S/C21H36N6O2/c28-20(25-11-13-26(14-12-25)21(29)18-7-8-22-18)16-3-1-15(2-4-16)17-5-6-19-23-9-10-27(19)24-17/h15-19,22-24H,1-14H2. The summed E-state index contributed by atoms with van der Waals surface area (Å²) in [6.07, 6.45) is 8.31. The largest absolute Gasteiger partial charge is 0.339 e. The predicted octanol–water partition coefficient (Wildman–Crippen LogP) is -0.276. The average molecular weight is 405 g/mol. The van der Waals surface area contributed by atoms with Crippen molar-refractivity contribution in [2.45, 2.75) is 63.2 Å². The summed E-state index contributed by atoms with van der Waals surface area (Å²) in [5.74, 6) is 1.44. The Morgan fingerprint density at radius 2 is 1.38 bits per heavy atom. The van der Waals surface area contributed by atoms with Crippen LogP contribution in [0.3, 0.4) is 0 Å². The zero-order chi connectivity index (χ0) is 19.8. The number of carbonyl (C=O) groups excluding carboxylic acids is 2. The van der Waals surface area contributed by atoms with Gasteiger partial charge in [-0.3, -0.25) is 20.3 Å². The van der Waals surface area contributed by atoms with Crippen LogP contribution in [0, 0.1) is 11.8 Å². The summed E-state index contributed by atoms with van der Waals surface area (Å²) in [5.41, 5.74) is 3.76. The molecule has 3 unspecified atom stereocenters. The lowest BCUT2D eigenvalue weighted by atomic mass is 9.76. The molecular formula is C21H36N6O2. The molecule has 4 aliphatic heterocycles. The summed E-state index contributed by atoms with van der Waals surface area (Å²) in [6, 6.07) is 0.601. The van der Waals surface area contributed by atoms with Gasteiger partial charge >= 0.3 is 0 Å². The van der Waals surface area contributed by atoms with Crippen molar-refractivity contribution >= 4 is 11.8 Å². The van der Waals surface area contributed by atoms with Gasteiger partial charge in [0.1, 0.15) is 0 Å². The maximum absolute atomic E-state index is 13.0. The molecule has 4 saturated heterocycles. The summed E-state index contributed by atoms with van der Waals surface area (Å²) in [6.45, 7) is 5.91. The lowest BCUT2D eigenvalue weighted by Crippen LogP contribution is -2.59. The van der Waals surface area contributed by atoms with E-state index >= 15 is 0 Å². The molecule has 0 aromatic heterocycles. The molecule has 4 heterocycles. The monoisotopic (exact) mass is 404 g/mol. The predicted molar refractivity (Wildman–Crippen MR) is 110 cm³/mol. The number of nitrogens with one attached hydrogen (secondary N) is 3. The maximum Gasteiger partial charge on any atom is 0.239 e. The van der Waals surface area contributed by atoms with Crippen molar-refractivity contribution in [3.05, 3.63) is 0 Å². The molecule has 0 aromatic carbocycles. The zero-order valence-corrected chi connectivity index (χ0v) is 17.4. The second-order valence-corrected chi connectivity index (χ2v) is 9.53. The van der Waals surface area contributed by atoms with E-state index in [1.165, 1.54) is 12.8 Å². The first-order valence-electron chi connectivity index (χ1n) is 11.8. The molecule has 8 nitrogen and oxygen atoms in total. The van der Waals surface area contributed by atoms with Crippen molar-refractivity contribution in [2.75, 3.05) is 45.8 Å². The van der Waals surface area contributed by atoms with Crippen LogP contribution in [0.5, 0.6) is 0 Å². The van der Waals surface area contributed by atoms with Crippen LogP contribution in [0.1, 0.15) is 44.9 Å². The van der Waals surface area contributed by atoms with E-state index in [4.69, 9.17) is 0 Å². The number of carbonyl (C=O) groups is 2. The number of piperazine rings is 1. The van der Waals surface area contributed by atoms with Crippen LogP contribution in [-0.2, 0) is 9.59 Å². The van der Waals surface area contributed by atoms with Crippen molar-refractivity contribution in [1.82, 2.24) is 30.9 Å². The zero-order valence-electron chi connectivity index (χ0n) is 17.4. The summed E-state index contributed by atoms with van der Waals surface area (Å²) in [5, 5.41) is 9.13. The molecule has 5 aliphatic rings. The summed E-state index contributed by atoms with van der Waals surface area (Å²) in [7, 11) is 0. The number of nitrogens with zero attached hydrogens (tertiary/aromatic N) is 3. The third-order valence-corrected chi connectivity index (χ3v) is 7.91. The van der Waals surface area contributed by atoms with Crippen LogP contribution in [0.4, 0.5) is 0 Å². The first-order valence-corrected chi connectivity index (χ1v) is 11.8. The van der Waals surface area contributed by atoms with Crippen LogP contribution in [0.25, 0.3) is 0 Å². The quantitative estimate of drug-likeness (QED) is 0.601. The lowest BCUT2D eigenvalue weighted by molar-refractivity contribution is -0.144. The first-order chi connectivity index (χ1) is 14.2. The molecule has 0 spiro atoms. The highest BCUT2D eigenvalue weighted by molar-refractivity contribution is 5.83. The highest BCUT2D eigenvalue weighted by Crippen LogP contribution is 2.35. The Hall–Kier alpha value is -1.22. The summed E-state index contributed by atoms with van der Waals surface area (Å²) >= 11 is 0. The van der Waals surface area contributed by atoms with Gasteiger partial charge in [0.25, 0.3) is 0 Å². The van der Waals surface area contributed by atoms with E-state index in [1.807, 2.05) is 9.80 Å². The first kappa shape index (κ1) is 19.7. The van der Waals surface area contributed by atoms with Crippen LogP contribution < -0.4 is 16.1 Å². The molecule has 8 heteroatoms. The molecular weight excluding hydrogens is 368 g/mol. The Kier molecular flexibility index (Phi) is 5.78. The van der Waals surface area contributed by atoms with Crippen molar-refractivity contribution in [3.8, 4) is 0 Å². The molecule has 0 aromatic rings. The second kappa shape index (κ2) is 8.49. The van der Waals surface area contributed by atoms with Gasteiger partial charge in [-0.15, -0.1) is 0 Å². The fourth-order valence-corrected chi connectivity index (χ4v) is 5.88. The van der Waals surface area contributed by atoms with Gasteiger partial charge in [0, 0.05) is 51.2 Å². The lowest BCUT2D eigenvalue weighted by Gasteiger charge is -2.43. The highest BCUT2D eigenvalue weighted by Gasteiger charge is 2.38. The van der Waals surface area contributed by atoms with Crippen molar-refractivity contribution < 1.29 is 9.59 Å². The Bertz CT molecular complexity index is 610. The Labute approximate surface area is 173 Å². The average Bonchev–Trinajstić information content (AvgIpc) is 3.20. The van der Waals surface area contributed by atoms with Gasteiger partial charge in [0.15, 0.2) is 0 Å². The number of rotatable bonds is 3. The molecule has 0 radical (unpaired) electrons. The van der Waals surface area contributed by atoms with Crippen molar-refractivity contribution in [3.63, 3.8) is 0 Å². The molecule has 3 N–H and O–H groups in total. The molecule has 5 rings (SSSR count). The fourth-order valence-electron chi connectivity index (χ4n) is 5.88. The number of hydrogen-bond acceptors (Lipinski definition) is 6. The third-order valence-electron chi connectivity index (χ3n) is 7.91. The number of hydrazine groups is 1. The number of fused-ring (bicyclic) bond motifs is 1. The third kappa shape index (κ3) is 4.04. The topological polar surface area (TPSA) is 80.0 Å². The van der Waals surface area contributed by atoms with Crippen molar-refractivity contribution in [1.29, 1.82) is 0 Å². The molecule has 2 amide bonds. The van der Waals surface area contributed by atoms with E-state index in [0.717, 1.165) is 51.7 Å². The summed E-state index contributed by atoms with van der Waals surface area (Å²) in [4.78, 5) is 29.4. The van der Waals surface area contributed by atoms with E-state index in [2.05, 4.69) is 21.1 Å². The van der Waals surface area contributed by atoms with Gasteiger partial charge in [-0.05, 0) is 57.4 Å². The maximum atomic E-state index is 13.0. The van der Waals surface area contributed by atoms with Gasteiger partial charge in [-0.1, -0.05) is 0 Å². The Balaban J connectivity index is 1.06. The second-order valence-electron chi connectivity index (χ2n) is 9.53. The van der Waals surface area contributed by atoms with Gasteiger partial charge in [0.05, 0.1) is 12.2 Å². The molecule has 0 bridgehead atoms. The minimum Gasteiger partial charge on any atom is -0.339 e. The van der Waals surface area contributed by atoms with Crippen LogP contribution in [-0.4, -0.2) is 90.7 Å². The van der Waals surface area contributed by atoms with E-state index in [-0.39, 0.29) is 17.9 Å². The Morgan fingerprint density at radius 1 is 0.690 bits per heavy atom.